The normalized spacial score (nSPS) is 28.0. The van der Waals surface area contributed by atoms with Gasteiger partial charge >= 0.3 is 0 Å². The van der Waals surface area contributed by atoms with Crippen molar-refractivity contribution in [1.82, 2.24) is 0 Å². The van der Waals surface area contributed by atoms with E-state index in [1.165, 1.54) is 29.0 Å². The van der Waals surface area contributed by atoms with Crippen molar-refractivity contribution in [2.75, 3.05) is 16.9 Å². The van der Waals surface area contributed by atoms with Gasteiger partial charge in [-0.15, -0.1) is 0 Å². The summed E-state index contributed by atoms with van der Waals surface area (Å²) in [6.45, 7) is 0. The molecular formula is C33H26Cl2N2O6. The van der Waals surface area contributed by atoms with E-state index in [1.54, 1.807) is 54.6 Å². The van der Waals surface area contributed by atoms with Gasteiger partial charge in [-0.3, -0.25) is 29.0 Å². The molecule has 0 unspecified atom stereocenters. The van der Waals surface area contributed by atoms with Crippen molar-refractivity contribution in [1.29, 1.82) is 0 Å². The van der Waals surface area contributed by atoms with Gasteiger partial charge in [0.1, 0.15) is 11.5 Å². The molecular weight excluding hydrogens is 591 g/mol. The Morgan fingerprint density at radius 1 is 0.721 bits per heavy atom. The molecule has 1 saturated carbocycles. The average Bonchev–Trinajstić information content (AvgIpc) is 3.41. The maximum absolute atomic E-state index is 14.2. The molecule has 0 aromatic heterocycles. The molecule has 0 spiro atoms. The third-order valence-electron chi connectivity index (χ3n) is 9.37. The van der Waals surface area contributed by atoms with Crippen LogP contribution in [0.2, 0.25) is 10.0 Å². The van der Waals surface area contributed by atoms with Gasteiger partial charge in [-0.1, -0.05) is 40.9 Å². The van der Waals surface area contributed by atoms with Gasteiger partial charge in [0.15, 0.2) is 0 Å². The van der Waals surface area contributed by atoms with Crippen molar-refractivity contribution >= 4 is 58.2 Å². The number of rotatable bonds is 4. The van der Waals surface area contributed by atoms with Crippen LogP contribution in [0.15, 0.2) is 78.4 Å². The Kier molecular flexibility index (Phi) is 6.59. The summed E-state index contributed by atoms with van der Waals surface area (Å²) in [5.41, 5.74) is 2.34. The number of phenolic OH excluding ortho intramolecular Hbond substituents is 1. The Hall–Kier alpha value is -4.14. The number of hydrogen-bond acceptors (Lipinski definition) is 6. The van der Waals surface area contributed by atoms with E-state index < -0.39 is 35.5 Å². The number of aromatic hydroxyl groups is 1. The maximum Gasteiger partial charge on any atom is 0.238 e. The van der Waals surface area contributed by atoms with Gasteiger partial charge in [0.05, 0.1) is 42.2 Å². The first-order chi connectivity index (χ1) is 20.7. The molecule has 43 heavy (non-hydrogen) atoms. The minimum absolute atomic E-state index is 0.00557. The van der Waals surface area contributed by atoms with E-state index in [2.05, 4.69) is 0 Å². The predicted octanol–water partition coefficient (Wildman–Crippen LogP) is 5.75. The first-order valence-electron chi connectivity index (χ1n) is 14.0. The third-order valence-corrected chi connectivity index (χ3v) is 9.87. The number of carbonyl (C=O) groups is 4. The lowest BCUT2D eigenvalue weighted by molar-refractivity contribution is -0.126. The number of nitrogens with zero attached hydrogens (tertiary/aromatic N) is 2. The zero-order valence-electron chi connectivity index (χ0n) is 22.9. The van der Waals surface area contributed by atoms with E-state index in [0.717, 1.165) is 5.57 Å². The van der Waals surface area contributed by atoms with Crippen LogP contribution >= 0.6 is 23.2 Å². The van der Waals surface area contributed by atoms with Crippen LogP contribution in [0.5, 0.6) is 11.5 Å². The number of benzene rings is 3. The predicted molar refractivity (Wildman–Crippen MR) is 160 cm³/mol. The first kappa shape index (κ1) is 27.7. The molecule has 10 heteroatoms. The standard InChI is InChI=1S/C33H26Cl2N2O6/c1-43-26-14-20(38)10-11-22(26)27-21-12-13-23-28(32(41)36(30(23)39)18-6-2-16(34)3-7-18)24(21)15-25-29(27)33(42)37(31(25)40)19-8-4-17(35)5-9-19/h2-12,14,23-25,27-29,38H,13,15H2,1H3/t23-,24+,25+,27+,28-,29+/m0/s1. The summed E-state index contributed by atoms with van der Waals surface area (Å²) in [6.07, 6.45) is 2.54. The maximum atomic E-state index is 14.2. The van der Waals surface area contributed by atoms with Gasteiger partial charge in [0.2, 0.25) is 23.6 Å². The minimum atomic E-state index is -0.764. The van der Waals surface area contributed by atoms with E-state index in [-0.39, 0.29) is 35.8 Å². The fourth-order valence-corrected chi connectivity index (χ4v) is 7.83. The van der Waals surface area contributed by atoms with E-state index in [1.807, 2.05) is 6.08 Å². The second-order valence-electron chi connectivity index (χ2n) is 11.4. The summed E-state index contributed by atoms with van der Waals surface area (Å²) in [5.74, 6) is -4.80. The van der Waals surface area contributed by atoms with E-state index in [0.29, 0.717) is 39.2 Å². The molecule has 6 atom stereocenters. The second-order valence-corrected chi connectivity index (χ2v) is 12.3. The summed E-state index contributed by atoms with van der Waals surface area (Å²) in [5, 5.41) is 11.2. The number of anilines is 2. The average molecular weight is 617 g/mol. The quantitative estimate of drug-likeness (QED) is 0.295. The molecule has 0 bridgehead atoms. The van der Waals surface area contributed by atoms with Gasteiger partial charge in [0.25, 0.3) is 0 Å². The van der Waals surface area contributed by atoms with Crippen LogP contribution in [-0.4, -0.2) is 35.8 Å². The van der Waals surface area contributed by atoms with Crippen molar-refractivity contribution in [3.8, 4) is 11.5 Å². The van der Waals surface area contributed by atoms with Crippen LogP contribution in [0.25, 0.3) is 0 Å². The van der Waals surface area contributed by atoms with Gasteiger partial charge in [-0.2, -0.15) is 0 Å². The van der Waals surface area contributed by atoms with Crippen LogP contribution in [0, 0.1) is 29.6 Å². The molecule has 2 heterocycles. The number of allylic oxidation sites excluding steroid dienone is 2. The second kappa shape index (κ2) is 10.2. The highest BCUT2D eigenvalue weighted by atomic mass is 35.5. The largest absolute Gasteiger partial charge is 0.508 e. The number of imide groups is 2. The number of hydrogen-bond donors (Lipinski definition) is 1. The molecule has 4 aliphatic rings. The van der Waals surface area contributed by atoms with Crippen LogP contribution in [0.3, 0.4) is 0 Å². The SMILES string of the molecule is COc1cc(O)ccc1[C@H]1C2=CC[C@@H]3C(=O)N(c4ccc(Cl)cc4)C(=O)[C@@H]3[C@@H]2C[C@H]2C(=O)N(c3ccc(Cl)cc3)C(=O)[C@@H]12. The van der Waals surface area contributed by atoms with Crippen molar-refractivity contribution in [3.05, 3.63) is 94.0 Å². The summed E-state index contributed by atoms with van der Waals surface area (Å²) in [4.78, 5) is 58.4. The fourth-order valence-electron chi connectivity index (χ4n) is 7.58. The van der Waals surface area contributed by atoms with Crippen LogP contribution < -0.4 is 14.5 Å². The van der Waals surface area contributed by atoms with Crippen molar-refractivity contribution < 1.29 is 29.0 Å². The lowest BCUT2D eigenvalue weighted by Gasteiger charge is -2.44. The number of halogens is 2. The Morgan fingerprint density at radius 2 is 1.28 bits per heavy atom. The highest BCUT2D eigenvalue weighted by Gasteiger charge is 2.62. The molecule has 218 valence electrons. The topological polar surface area (TPSA) is 104 Å². The van der Waals surface area contributed by atoms with E-state index in [9.17, 15) is 24.3 Å². The highest BCUT2D eigenvalue weighted by molar-refractivity contribution is 6.31. The van der Waals surface area contributed by atoms with Crippen molar-refractivity contribution in [2.45, 2.75) is 18.8 Å². The molecule has 3 fully saturated rings. The highest BCUT2D eigenvalue weighted by Crippen LogP contribution is 2.59. The third kappa shape index (κ3) is 4.18. The first-order valence-corrected chi connectivity index (χ1v) is 14.8. The monoisotopic (exact) mass is 616 g/mol. The summed E-state index contributed by atoms with van der Waals surface area (Å²) in [6, 6.07) is 17.8. The van der Waals surface area contributed by atoms with Crippen molar-refractivity contribution in [2.24, 2.45) is 29.6 Å². The molecule has 0 radical (unpaired) electrons. The van der Waals surface area contributed by atoms with Crippen molar-refractivity contribution in [3.63, 3.8) is 0 Å². The number of carbonyl (C=O) groups excluding carboxylic acids is 4. The van der Waals surface area contributed by atoms with Crippen LogP contribution in [0.1, 0.15) is 24.3 Å². The smallest absolute Gasteiger partial charge is 0.238 e. The van der Waals surface area contributed by atoms with E-state index in [4.69, 9.17) is 27.9 Å². The molecule has 2 saturated heterocycles. The summed E-state index contributed by atoms with van der Waals surface area (Å²) >= 11 is 12.1. The molecule has 8 nitrogen and oxygen atoms in total. The number of ether oxygens (including phenoxy) is 1. The zero-order valence-corrected chi connectivity index (χ0v) is 24.5. The molecule has 4 amide bonds. The number of methoxy groups -OCH3 is 1. The van der Waals surface area contributed by atoms with Gasteiger partial charge in [-0.05, 0) is 73.4 Å². The summed E-state index contributed by atoms with van der Waals surface area (Å²) < 4.78 is 5.65. The van der Waals surface area contributed by atoms with Gasteiger partial charge < -0.3 is 9.84 Å². The number of phenols is 1. The molecule has 1 N–H and O–H groups in total. The van der Waals surface area contributed by atoms with E-state index >= 15 is 0 Å². The Morgan fingerprint density at radius 3 is 1.86 bits per heavy atom. The fraction of sp³-hybridized carbons (Fsp3) is 0.273. The molecule has 3 aromatic carbocycles. The zero-order chi connectivity index (χ0) is 30.2. The molecule has 2 aliphatic carbocycles. The summed E-state index contributed by atoms with van der Waals surface area (Å²) in [7, 11) is 1.48. The Labute approximate surface area is 257 Å². The minimum Gasteiger partial charge on any atom is -0.508 e. The van der Waals surface area contributed by atoms with Crippen LogP contribution in [-0.2, 0) is 19.2 Å². The molecule has 3 aromatic rings. The molecule has 2 aliphatic heterocycles. The number of fused-ring (bicyclic) bond motifs is 4. The number of amides is 4. The lowest BCUT2D eigenvalue weighted by atomic mass is 9.57. The Balaban J connectivity index is 1.35. The van der Waals surface area contributed by atoms with Crippen LogP contribution in [0.4, 0.5) is 11.4 Å². The van der Waals surface area contributed by atoms with Gasteiger partial charge in [0, 0.05) is 27.6 Å². The van der Waals surface area contributed by atoms with Gasteiger partial charge in [-0.25, -0.2) is 0 Å². The Bertz CT molecular complexity index is 1720. The lowest BCUT2D eigenvalue weighted by Crippen LogP contribution is -2.43. The molecule has 7 rings (SSSR count).